The molecular weight excluding hydrogens is 322 g/mol. The van der Waals surface area contributed by atoms with Crippen molar-refractivity contribution in [3.63, 3.8) is 0 Å². The highest BCUT2D eigenvalue weighted by molar-refractivity contribution is 7.08. The fraction of sp³-hybridized carbons (Fsp3) is 0.158. The molecular formula is C19H17NO3S. The predicted molar refractivity (Wildman–Crippen MR) is 95.1 cm³/mol. The molecule has 0 fully saturated rings. The number of nitrogens with one attached hydrogen (secondary N) is 1. The fourth-order valence-corrected chi connectivity index (χ4v) is 3.21. The molecule has 5 heteroatoms. The lowest BCUT2D eigenvalue weighted by Crippen LogP contribution is -2.31. The first-order valence-electron chi connectivity index (χ1n) is 7.61. The Morgan fingerprint density at radius 3 is 2.71 bits per heavy atom. The van der Waals surface area contributed by atoms with Gasteiger partial charge in [-0.1, -0.05) is 42.5 Å². The number of carbonyl (C=O) groups is 2. The van der Waals surface area contributed by atoms with E-state index in [0.29, 0.717) is 5.56 Å². The van der Waals surface area contributed by atoms with Gasteiger partial charge in [0.25, 0.3) is 5.91 Å². The van der Waals surface area contributed by atoms with Crippen molar-refractivity contribution in [2.75, 3.05) is 6.61 Å². The molecule has 0 saturated carbocycles. The number of hydrogen-bond acceptors (Lipinski definition) is 4. The summed E-state index contributed by atoms with van der Waals surface area (Å²) in [6.07, 6.45) is 0. The van der Waals surface area contributed by atoms with Gasteiger partial charge in [0.15, 0.2) is 6.61 Å². The summed E-state index contributed by atoms with van der Waals surface area (Å²) in [7, 11) is 0. The van der Waals surface area contributed by atoms with E-state index in [4.69, 9.17) is 4.74 Å². The number of rotatable bonds is 5. The summed E-state index contributed by atoms with van der Waals surface area (Å²) in [5.41, 5.74) is 1.50. The molecule has 0 unspecified atom stereocenters. The van der Waals surface area contributed by atoms with Crippen LogP contribution in [0.15, 0.2) is 59.3 Å². The lowest BCUT2D eigenvalue weighted by atomic mass is 10.00. The van der Waals surface area contributed by atoms with E-state index in [0.717, 1.165) is 16.3 Å². The standard InChI is InChI=1S/C19H17NO3S/c1-13(16-8-4-6-14-5-2-3-7-17(14)16)20-18(21)11-23-19(22)15-9-10-24-12-15/h2-10,12-13H,11H2,1H3,(H,20,21)/t13-/m1/s1. The molecule has 1 N–H and O–H groups in total. The minimum atomic E-state index is -0.482. The number of ether oxygens (including phenoxy) is 1. The van der Waals surface area contributed by atoms with Crippen LogP contribution in [-0.2, 0) is 9.53 Å². The molecule has 0 spiro atoms. The number of esters is 1. The van der Waals surface area contributed by atoms with E-state index >= 15 is 0 Å². The molecule has 3 aromatic rings. The summed E-state index contributed by atoms with van der Waals surface area (Å²) in [5, 5.41) is 8.58. The molecule has 0 radical (unpaired) electrons. The average molecular weight is 339 g/mol. The smallest absolute Gasteiger partial charge is 0.339 e. The van der Waals surface area contributed by atoms with Crippen molar-refractivity contribution in [2.45, 2.75) is 13.0 Å². The summed E-state index contributed by atoms with van der Waals surface area (Å²) < 4.78 is 5.03. The van der Waals surface area contributed by atoms with Gasteiger partial charge in [-0.15, -0.1) is 0 Å². The maximum absolute atomic E-state index is 12.1. The zero-order valence-electron chi connectivity index (χ0n) is 13.2. The topological polar surface area (TPSA) is 55.4 Å². The second kappa shape index (κ2) is 7.27. The van der Waals surface area contributed by atoms with Gasteiger partial charge < -0.3 is 10.1 Å². The Balaban J connectivity index is 1.62. The molecule has 3 rings (SSSR count). The maximum atomic E-state index is 12.1. The van der Waals surface area contributed by atoms with Crippen molar-refractivity contribution in [2.24, 2.45) is 0 Å². The van der Waals surface area contributed by atoms with Gasteiger partial charge in [-0.2, -0.15) is 11.3 Å². The summed E-state index contributed by atoms with van der Waals surface area (Å²) >= 11 is 1.41. The number of hydrogen-bond donors (Lipinski definition) is 1. The number of thiophene rings is 1. The van der Waals surface area contributed by atoms with Crippen LogP contribution >= 0.6 is 11.3 Å². The molecule has 0 saturated heterocycles. The van der Waals surface area contributed by atoms with Crippen molar-refractivity contribution in [3.05, 3.63) is 70.4 Å². The first-order valence-corrected chi connectivity index (χ1v) is 8.56. The monoisotopic (exact) mass is 339 g/mol. The maximum Gasteiger partial charge on any atom is 0.339 e. The summed E-state index contributed by atoms with van der Waals surface area (Å²) in [6.45, 7) is 1.63. The number of fused-ring (bicyclic) bond motifs is 1. The van der Waals surface area contributed by atoms with E-state index in [1.807, 2.05) is 49.4 Å². The highest BCUT2D eigenvalue weighted by atomic mass is 32.1. The molecule has 24 heavy (non-hydrogen) atoms. The van der Waals surface area contributed by atoms with Crippen LogP contribution in [0.2, 0.25) is 0 Å². The van der Waals surface area contributed by atoms with E-state index in [1.54, 1.807) is 16.8 Å². The minimum absolute atomic E-state index is 0.177. The number of amides is 1. The molecule has 0 bridgehead atoms. The Hall–Kier alpha value is -2.66. The molecule has 0 aliphatic rings. The Morgan fingerprint density at radius 1 is 1.12 bits per heavy atom. The SMILES string of the molecule is C[C@@H](NC(=O)COC(=O)c1ccsc1)c1cccc2ccccc12. The van der Waals surface area contributed by atoms with Gasteiger partial charge in [-0.05, 0) is 34.7 Å². The third kappa shape index (κ3) is 3.63. The third-order valence-electron chi connectivity index (χ3n) is 3.76. The van der Waals surface area contributed by atoms with Crippen LogP contribution in [0.5, 0.6) is 0 Å². The van der Waals surface area contributed by atoms with Crippen LogP contribution in [0.3, 0.4) is 0 Å². The van der Waals surface area contributed by atoms with Gasteiger partial charge in [0.1, 0.15) is 0 Å². The Kier molecular flexibility index (Phi) is 4.91. The van der Waals surface area contributed by atoms with Gasteiger partial charge in [-0.25, -0.2) is 4.79 Å². The lowest BCUT2D eigenvalue weighted by molar-refractivity contribution is -0.124. The van der Waals surface area contributed by atoms with Crippen molar-refractivity contribution >= 4 is 34.0 Å². The van der Waals surface area contributed by atoms with Gasteiger partial charge >= 0.3 is 5.97 Å². The Morgan fingerprint density at radius 2 is 1.92 bits per heavy atom. The molecule has 122 valence electrons. The summed E-state index contributed by atoms with van der Waals surface area (Å²) in [5.74, 6) is -0.803. The van der Waals surface area contributed by atoms with Crippen LogP contribution in [0.4, 0.5) is 0 Å². The second-order valence-corrected chi connectivity index (χ2v) is 6.23. The van der Waals surface area contributed by atoms with Crippen LogP contribution in [0, 0.1) is 0 Å². The fourth-order valence-electron chi connectivity index (χ4n) is 2.58. The Labute approximate surface area is 144 Å². The molecule has 1 atom stereocenters. The zero-order valence-corrected chi connectivity index (χ0v) is 14.0. The van der Waals surface area contributed by atoms with Gasteiger partial charge in [0.2, 0.25) is 0 Å². The molecule has 1 heterocycles. The quantitative estimate of drug-likeness (QED) is 0.717. The highest BCUT2D eigenvalue weighted by Crippen LogP contribution is 2.23. The van der Waals surface area contributed by atoms with Crippen LogP contribution < -0.4 is 5.32 Å². The molecule has 0 aliphatic carbocycles. The van der Waals surface area contributed by atoms with Crippen molar-refractivity contribution in [3.8, 4) is 0 Å². The van der Waals surface area contributed by atoms with Crippen molar-refractivity contribution in [1.29, 1.82) is 0 Å². The molecule has 2 aromatic carbocycles. The number of benzene rings is 2. The number of carbonyl (C=O) groups excluding carboxylic acids is 2. The minimum Gasteiger partial charge on any atom is -0.452 e. The lowest BCUT2D eigenvalue weighted by Gasteiger charge is -2.16. The van der Waals surface area contributed by atoms with Crippen LogP contribution in [-0.4, -0.2) is 18.5 Å². The van der Waals surface area contributed by atoms with Gasteiger partial charge in [0, 0.05) is 5.38 Å². The molecule has 0 aliphatic heterocycles. The molecule has 4 nitrogen and oxygen atoms in total. The summed E-state index contributed by atoms with van der Waals surface area (Å²) in [6, 6.07) is 15.5. The van der Waals surface area contributed by atoms with Crippen LogP contribution in [0.1, 0.15) is 28.9 Å². The molecule has 1 aromatic heterocycles. The van der Waals surface area contributed by atoms with Gasteiger partial charge in [0.05, 0.1) is 11.6 Å². The van der Waals surface area contributed by atoms with E-state index in [2.05, 4.69) is 5.32 Å². The normalized spacial score (nSPS) is 11.9. The van der Waals surface area contributed by atoms with E-state index in [9.17, 15) is 9.59 Å². The predicted octanol–water partition coefficient (Wildman–Crippen LogP) is 3.94. The molecule has 1 amide bonds. The third-order valence-corrected chi connectivity index (χ3v) is 4.44. The van der Waals surface area contributed by atoms with Crippen LogP contribution in [0.25, 0.3) is 10.8 Å². The summed E-state index contributed by atoms with van der Waals surface area (Å²) in [4.78, 5) is 23.8. The van der Waals surface area contributed by atoms with E-state index in [1.165, 1.54) is 11.3 Å². The van der Waals surface area contributed by atoms with E-state index < -0.39 is 5.97 Å². The zero-order chi connectivity index (χ0) is 16.9. The highest BCUT2D eigenvalue weighted by Gasteiger charge is 2.14. The first-order chi connectivity index (χ1) is 11.6. The van der Waals surface area contributed by atoms with Crippen molar-refractivity contribution < 1.29 is 14.3 Å². The largest absolute Gasteiger partial charge is 0.452 e. The average Bonchev–Trinajstić information content (AvgIpc) is 3.14. The van der Waals surface area contributed by atoms with Crippen molar-refractivity contribution in [1.82, 2.24) is 5.32 Å². The van der Waals surface area contributed by atoms with Gasteiger partial charge in [-0.3, -0.25) is 4.79 Å². The second-order valence-electron chi connectivity index (χ2n) is 5.45. The van der Waals surface area contributed by atoms with E-state index in [-0.39, 0.29) is 18.6 Å². The Bertz CT molecular complexity index is 853. The first kappa shape index (κ1) is 16.2.